The highest BCUT2D eigenvalue weighted by atomic mass is 19.1. The number of hydrogen-bond donors (Lipinski definition) is 2. The van der Waals surface area contributed by atoms with Gasteiger partial charge in [-0.2, -0.15) is 0 Å². The highest BCUT2D eigenvalue weighted by Gasteiger charge is 2.29. The number of carbonyl (C=O) groups is 2. The van der Waals surface area contributed by atoms with Crippen molar-refractivity contribution in [1.82, 2.24) is 20.2 Å². The van der Waals surface area contributed by atoms with E-state index in [1.807, 2.05) is 18.7 Å². The Hall–Kier alpha value is -3.23. The lowest BCUT2D eigenvalue weighted by Gasteiger charge is -2.35. The number of aromatic nitrogens is 2. The second-order valence-electron chi connectivity index (χ2n) is 7.16. The van der Waals surface area contributed by atoms with Gasteiger partial charge in [0.1, 0.15) is 11.9 Å². The Morgan fingerprint density at radius 1 is 1.03 bits per heavy atom. The van der Waals surface area contributed by atoms with E-state index in [2.05, 4.69) is 20.6 Å². The van der Waals surface area contributed by atoms with Crippen LogP contribution in [0.1, 0.15) is 13.8 Å². The molecule has 0 saturated carbocycles. The highest BCUT2D eigenvalue weighted by Crippen LogP contribution is 2.15. The second kappa shape index (κ2) is 9.31. The van der Waals surface area contributed by atoms with Gasteiger partial charge in [0.25, 0.3) is 0 Å². The Morgan fingerprint density at radius 3 is 2.31 bits per heavy atom. The number of urea groups is 1. The van der Waals surface area contributed by atoms with Gasteiger partial charge in [-0.15, -0.1) is 0 Å². The topological polar surface area (TPSA) is 90.5 Å². The van der Waals surface area contributed by atoms with Crippen LogP contribution in [0.5, 0.6) is 0 Å². The van der Waals surface area contributed by atoms with E-state index in [-0.39, 0.29) is 17.6 Å². The third kappa shape index (κ3) is 5.18. The lowest BCUT2D eigenvalue weighted by atomic mass is 10.0. The van der Waals surface area contributed by atoms with E-state index in [1.54, 1.807) is 35.5 Å². The predicted molar refractivity (Wildman–Crippen MR) is 108 cm³/mol. The predicted octanol–water partition coefficient (Wildman–Crippen LogP) is 2.11. The maximum atomic E-state index is 13.8. The number of nitrogens with one attached hydrogen (secondary N) is 2. The SMILES string of the molecule is CC(C)C(NC(=O)N1CCN(c2ncccn2)CC1)C(=O)Nc1ccccc1F. The van der Waals surface area contributed by atoms with Gasteiger partial charge in [-0.05, 0) is 24.1 Å². The van der Waals surface area contributed by atoms with E-state index in [9.17, 15) is 14.0 Å². The molecule has 1 aromatic carbocycles. The molecule has 9 heteroatoms. The summed E-state index contributed by atoms with van der Waals surface area (Å²) in [6.45, 7) is 5.84. The maximum Gasteiger partial charge on any atom is 0.318 e. The van der Waals surface area contributed by atoms with Crippen molar-refractivity contribution in [2.75, 3.05) is 36.4 Å². The first-order valence-corrected chi connectivity index (χ1v) is 9.58. The van der Waals surface area contributed by atoms with E-state index in [1.165, 1.54) is 12.1 Å². The number of halogens is 1. The molecule has 1 saturated heterocycles. The molecule has 0 aliphatic carbocycles. The Labute approximate surface area is 169 Å². The Bertz CT molecular complexity index is 840. The molecule has 3 amide bonds. The minimum absolute atomic E-state index is 0.0916. The molecule has 3 rings (SSSR count). The standard InChI is InChI=1S/C20H25FN6O2/c1-14(2)17(18(28)24-16-7-4-3-6-15(16)21)25-20(29)27-12-10-26(11-13-27)19-22-8-5-9-23-19/h3-9,14,17H,10-13H2,1-2H3,(H,24,28)(H,25,29). The zero-order chi connectivity index (χ0) is 20.8. The van der Waals surface area contributed by atoms with E-state index in [0.29, 0.717) is 32.1 Å². The van der Waals surface area contributed by atoms with Gasteiger partial charge in [-0.3, -0.25) is 4.79 Å². The summed E-state index contributed by atoms with van der Waals surface area (Å²) in [4.78, 5) is 37.4. The maximum absolute atomic E-state index is 13.8. The van der Waals surface area contributed by atoms with Crippen LogP contribution in [0, 0.1) is 11.7 Å². The quantitative estimate of drug-likeness (QED) is 0.802. The number of carbonyl (C=O) groups excluding carboxylic acids is 2. The van der Waals surface area contributed by atoms with Gasteiger partial charge in [0, 0.05) is 38.6 Å². The summed E-state index contributed by atoms with van der Waals surface area (Å²) in [6.07, 6.45) is 3.37. The van der Waals surface area contributed by atoms with Gasteiger partial charge in [0.2, 0.25) is 11.9 Å². The van der Waals surface area contributed by atoms with Crippen molar-refractivity contribution >= 4 is 23.6 Å². The van der Waals surface area contributed by atoms with Crippen molar-refractivity contribution in [2.45, 2.75) is 19.9 Å². The van der Waals surface area contributed by atoms with Crippen molar-refractivity contribution < 1.29 is 14.0 Å². The van der Waals surface area contributed by atoms with Crippen LogP contribution in [0.2, 0.25) is 0 Å². The molecule has 2 heterocycles. The Kier molecular flexibility index (Phi) is 6.58. The molecule has 2 N–H and O–H groups in total. The number of benzene rings is 1. The van der Waals surface area contributed by atoms with Gasteiger partial charge in [0.15, 0.2) is 0 Å². The average molecular weight is 400 g/mol. The fourth-order valence-corrected chi connectivity index (χ4v) is 3.10. The van der Waals surface area contributed by atoms with Crippen LogP contribution in [-0.4, -0.2) is 59.0 Å². The first-order chi connectivity index (χ1) is 14.0. The largest absolute Gasteiger partial charge is 0.337 e. The molecule has 2 aromatic rings. The fraction of sp³-hybridized carbons (Fsp3) is 0.400. The van der Waals surface area contributed by atoms with E-state index >= 15 is 0 Å². The number of anilines is 2. The van der Waals surface area contributed by atoms with E-state index in [4.69, 9.17) is 0 Å². The van der Waals surface area contributed by atoms with Gasteiger partial charge in [-0.1, -0.05) is 26.0 Å². The second-order valence-corrected chi connectivity index (χ2v) is 7.16. The molecule has 8 nitrogen and oxygen atoms in total. The molecular formula is C20H25FN6O2. The normalized spacial score (nSPS) is 15.2. The lowest BCUT2D eigenvalue weighted by molar-refractivity contribution is -0.118. The monoisotopic (exact) mass is 400 g/mol. The molecule has 1 aliphatic rings. The summed E-state index contributed by atoms with van der Waals surface area (Å²) in [5, 5.41) is 5.34. The summed E-state index contributed by atoms with van der Waals surface area (Å²) >= 11 is 0. The molecule has 0 spiro atoms. The van der Waals surface area contributed by atoms with Crippen molar-refractivity contribution in [3.8, 4) is 0 Å². The molecule has 29 heavy (non-hydrogen) atoms. The number of rotatable bonds is 5. The van der Waals surface area contributed by atoms with Crippen LogP contribution in [0.3, 0.4) is 0 Å². The molecule has 1 aliphatic heterocycles. The minimum atomic E-state index is -0.780. The van der Waals surface area contributed by atoms with Gasteiger partial charge >= 0.3 is 6.03 Å². The zero-order valence-corrected chi connectivity index (χ0v) is 16.5. The van der Waals surface area contributed by atoms with Crippen LogP contribution in [0.25, 0.3) is 0 Å². The zero-order valence-electron chi connectivity index (χ0n) is 16.5. The number of amides is 3. The molecule has 0 bridgehead atoms. The summed E-state index contributed by atoms with van der Waals surface area (Å²) in [5.74, 6) is -0.495. The summed E-state index contributed by atoms with van der Waals surface area (Å²) in [5.41, 5.74) is 0.0916. The first kappa shape index (κ1) is 20.5. The van der Waals surface area contributed by atoms with Crippen molar-refractivity contribution in [1.29, 1.82) is 0 Å². The Balaban J connectivity index is 1.57. The third-order valence-electron chi connectivity index (χ3n) is 4.76. The van der Waals surface area contributed by atoms with Crippen molar-refractivity contribution in [2.24, 2.45) is 5.92 Å². The van der Waals surface area contributed by atoms with Crippen LogP contribution in [0.4, 0.5) is 20.8 Å². The van der Waals surface area contributed by atoms with Gasteiger partial charge in [0.05, 0.1) is 5.69 Å². The van der Waals surface area contributed by atoms with Crippen molar-refractivity contribution in [3.05, 3.63) is 48.5 Å². The molecule has 1 fully saturated rings. The molecule has 1 unspecified atom stereocenters. The number of para-hydroxylation sites is 1. The first-order valence-electron chi connectivity index (χ1n) is 9.58. The minimum Gasteiger partial charge on any atom is -0.337 e. The lowest BCUT2D eigenvalue weighted by Crippen LogP contribution is -2.56. The van der Waals surface area contributed by atoms with Crippen LogP contribution >= 0.6 is 0 Å². The van der Waals surface area contributed by atoms with Crippen LogP contribution in [-0.2, 0) is 4.79 Å². The Morgan fingerprint density at radius 2 is 1.69 bits per heavy atom. The fourth-order valence-electron chi connectivity index (χ4n) is 3.10. The molecule has 0 radical (unpaired) electrons. The van der Waals surface area contributed by atoms with Crippen LogP contribution < -0.4 is 15.5 Å². The summed E-state index contributed by atoms with van der Waals surface area (Å²) in [7, 11) is 0. The van der Waals surface area contributed by atoms with Crippen molar-refractivity contribution in [3.63, 3.8) is 0 Å². The van der Waals surface area contributed by atoms with Gasteiger partial charge < -0.3 is 20.4 Å². The highest BCUT2D eigenvalue weighted by molar-refractivity contribution is 5.97. The van der Waals surface area contributed by atoms with E-state index < -0.39 is 17.8 Å². The number of piperazine rings is 1. The molecule has 1 atom stereocenters. The molecule has 154 valence electrons. The summed E-state index contributed by atoms with van der Waals surface area (Å²) in [6, 6.07) is 6.60. The average Bonchev–Trinajstić information content (AvgIpc) is 2.74. The third-order valence-corrected chi connectivity index (χ3v) is 4.76. The number of hydrogen-bond acceptors (Lipinski definition) is 5. The molecule has 1 aromatic heterocycles. The number of nitrogens with zero attached hydrogens (tertiary/aromatic N) is 4. The summed E-state index contributed by atoms with van der Waals surface area (Å²) < 4.78 is 13.8. The van der Waals surface area contributed by atoms with Crippen LogP contribution in [0.15, 0.2) is 42.7 Å². The molecular weight excluding hydrogens is 375 g/mol. The van der Waals surface area contributed by atoms with Gasteiger partial charge in [-0.25, -0.2) is 19.2 Å². The van der Waals surface area contributed by atoms with E-state index in [0.717, 1.165) is 0 Å². The smallest absolute Gasteiger partial charge is 0.318 e.